The summed E-state index contributed by atoms with van der Waals surface area (Å²) in [6, 6.07) is 11.9. The van der Waals surface area contributed by atoms with E-state index in [1.165, 1.54) is 0 Å². The third-order valence-corrected chi connectivity index (χ3v) is 6.35. The predicted octanol–water partition coefficient (Wildman–Crippen LogP) is 6.33. The van der Waals surface area contributed by atoms with Gasteiger partial charge in [-0.05, 0) is 75.6 Å². The topological polar surface area (TPSA) is 87.7 Å². The number of alkyl carbamates (subject to hydrolysis) is 1. The SMILES string of the molecule is CCCN(C(=O)C(NC(=O)OC(C)(C)C)C(C)C)C(C(=O)Nc1c(C)cccc1C)c1ccc(CC)cc1. The van der Waals surface area contributed by atoms with Gasteiger partial charge in [0.15, 0.2) is 0 Å². The number of aryl methyl sites for hydroxylation is 3. The minimum absolute atomic E-state index is 0.223. The van der Waals surface area contributed by atoms with Crippen LogP contribution in [-0.2, 0) is 20.7 Å². The summed E-state index contributed by atoms with van der Waals surface area (Å²) in [5, 5.41) is 5.85. The third-order valence-electron chi connectivity index (χ3n) is 6.35. The second kappa shape index (κ2) is 13.4. The van der Waals surface area contributed by atoms with Crippen molar-refractivity contribution in [3.63, 3.8) is 0 Å². The molecule has 2 aromatic rings. The summed E-state index contributed by atoms with van der Waals surface area (Å²) in [5.74, 6) is -0.846. The van der Waals surface area contributed by atoms with E-state index in [1.54, 1.807) is 25.7 Å². The van der Waals surface area contributed by atoms with Crippen LogP contribution < -0.4 is 10.6 Å². The summed E-state index contributed by atoms with van der Waals surface area (Å²) in [7, 11) is 0. The van der Waals surface area contributed by atoms with Crippen LogP contribution in [0.5, 0.6) is 0 Å². The van der Waals surface area contributed by atoms with E-state index in [0.717, 1.165) is 28.8 Å². The van der Waals surface area contributed by atoms with Crippen LogP contribution in [0.4, 0.5) is 10.5 Å². The summed E-state index contributed by atoms with van der Waals surface area (Å²) >= 11 is 0. The highest BCUT2D eigenvalue weighted by molar-refractivity contribution is 6.00. The van der Waals surface area contributed by atoms with Gasteiger partial charge >= 0.3 is 6.09 Å². The van der Waals surface area contributed by atoms with Crippen molar-refractivity contribution in [1.82, 2.24) is 10.2 Å². The molecule has 208 valence electrons. The Morgan fingerprint density at radius 2 is 1.53 bits per heavy atom. The van der Waals surface area contributed by atoms with Crippen LogP contribution >= 0.6 is 0 Å². The Balaban J connectivity index is 2.53. The molecule has 0 aliphatic rings. The predicted molar refractivity (Wildman–Crippen MR) is 153 cm³/mol. The van der Waals surface area contributed by atoms with Gasteiger partial charge in [-0.3, -0.25) is 9.59 Å². The number of rotatable bonds is 10. The lowest BCUT2D eigenvalue weighted by atomic mass is 9.97. The molecule has 0 radical (unpaired) electrons. The molecule has 0 aromatic heterocycles. The number of nitrogens with zero attached hydrogens (tertiary/aromatic N) is 1. The monoisotopic (exact) mass is 523 g/mol. The van der Waals surface area contributed by atoms with Crippen molar-refractivity contribution in [2.45, 2.75) is 92.8 Å². The minimum Gasteiger partial charge on any atom is -0.444 e. The maximum atomic E-state index is 14.1. The van der Waals surface area contributed by atoms with E-state index in [4.69, 9.17) is 4.74 Å². The number of nitrogens with one attached hydrogen (secondary N) is 2. The van der Waals surface area contributed by atoms with Gasteiger partial charge in [0.05, 0.1) is 0 Å². The number of para-hydroxylation sites is 1. The first-order chi connectivity index (χ1) is 17.8. The fourth-order valence-electron chi connectivity index (χ4n) is 4.35. The molecule has 0 spiro atoms. The molecule has 2 rings (SSSR count). The highest BCUT2D eigenvalue weighted by Crippen LogP contribution is 2.28. The zero-order valence-electron chi connectivity index (χ0n) is 24.5. The van der Waals surface area contributed by atoms with E-state index in [2.05, 4.69) is 17.6 Å². The van der Waals surface area contributed by atoms with Crippen molar-refractivity contribution < 1.29 is 19.1 Å². The Morgan fingerprint density at radius 1 is 0.947 bits per heavy atom. The van der Waals surface area contributed by atoms with Crippen LogP contribution in [0.25, 0.3) is 0 Å². The molecule has 0 saturated heterocycles. The number of anilines is 1. The van der Waals surface area contributed by atoms with Gasteiger partial charge in [0, 0.05) is 12.2 Å². The lowest BCUT2D eigenvalue weighted by molar-refractivity contribution is -0.141. The van der Waals surface area contributed by atoms with Crippen molar-refractivity contribution >= 4 is 23.6 Å². The first-order valence-electron chi connectivity index (χ1n) is 13.5. The summed E-state index contributed by atoms with van der Waals surface area (Å²) in [6.07, 6.45) is 0.847. The molecule has 0 bridgehead atoms. The van der Waals surface area contributed by atoms with Gasteiger partial charge in [0.2, 0.25) is 5.91 Å². The van der Waals surface area contributed by atoms with Crippen molar-refractivity contribution in [1.29, 1.82) is 0 Å². The van der Waals surface area contributed by atoms with E-state index in [-0.39, 0.29) is 17.7 Å². The second-order valence-electron chi connectivity index (χ2n) is 11.2. The summed E-state index contributed by atoms with van der Waals surface area (Å²) in [4.78, 5) is 42.3. The molecular formula is C31H45N3O4. The fourth-order valence-corrected chi connectivity index (χ4v) is 4.35. The molecule has 7 heteroatoms. The van der Waals surface area contributed by atoms with Gasteiger partial charge in [-0.2, -0.15) is 0 Å². The van der Waals surface area contributed by atoms with Crippen molar-refractivity contribution in [2.24, 2.45) is 5.92 Å². The highest BCUT2D eigenvalue weighted by atomic mass is 16.6. The first-order valence-corrected chi connectivity index (χ1v) is 13.5. The molecule has 2 atom stereocenters. The number of benzene rings is 2. The number of amides is 3. The average molecular weight is 524 g/mol. The van der Waals surface area contributed by atoms with Gasteiger partial charge in [-0.1, -0.05) is 70.2 Å². The van der Waals surface area contributed by atoms with Gasteiger partial charge in [-0.15, -0.1) is 0 Å². The minimum atomic E-state index is -0.881. The zero-order valence-corrected chi connectivity index (χ0v) is 24.5. The van der Waals surface area contributed by atoms with Gasteiger partial charge in [-0.25, -0.2) is 4.79 Å². The first kappa shape index (κ1) is 30.9. The fraction of sp³-hybridized carbons (Fsp3) is 0.516. The molecule has 0 aliphatic carbocycles. The molecule has 2 aromatic carbocycles. The Bertz CT molecular complexity index is 1080. The van der Waals surface area contributed by atoms with Crippen LogP contribution in [0.1, 0.15) is 83.2 Å². The van der Waals surface area contributed by atoms with Gasteiger partial charge < -0.3 is 20.3 Å². The maximum Gasteiger partial charge on any atom is 0.408 e. The molecule has 2 N–H and O–H groups in total. The Kier molecular flexibility index (Phi) is 10.9. The van der Waals surface area contributed by atoms with E-state index in [9.17, 15) is 14.4 Å². The number of hydrogen-bond donors (Lipinski definition) is 2. The largest absolute Gasteiger partial charge is 0.444 e. The average Bonchev–Trinajstić information content (AvgIpc) is 2.83. The second-order valence-corrected chi connectivity index (χ2v) is 11.2. The molecule has 0 heterocycles. The summed E-state index contributed by atoms with van der Waals surface area (Å²) in [5.41, 5.74) is 3.78. The standard InChI is InChI=1S/C31H45N3O4/c1-10-19-34(29(36)25(20(3)4)33-30(37)38-31(7,8)9)27(24-17-15-23(11-2)16-18-24)28(35)32-26-21(5)13-12-14-22(26)6/h12-18,20,25,27H,10-11,19H2,1-9H3,(H,32,35)(H,33,37). The van der Waals surface area contributed by atoms with E-state index in [1.807, 2.05) is 77.1 Å². The molecule has 2 unspecified atom stereocenters. The normalized spacial score (nSPS) is 13.0. The van der Waals surface area contributed by atoms with Crippen LogP contribution in [0.2, 0.25) is 0 Å². The lowest BCUT2D eigenvalue weighted by Gasteiger charge is -2.35. The number of carbonyl (C=O) groups is 3. The number of carbonyl (C=O) groups excluding carboxylic acids is 3. The summed E-state index contributed by atoms with van der Waals surface area (Å²) < 4.78 is 5.43. The van der Waals surface area contributed by atoms with Crippen LogP contribution in [0.15, 0.2) is 42.5 Å². The Hall–Kier alpha value is -3.35. The molecule has 3 amide bonds. The van der Waals surface area contributed by atoms with E-state index in [0.29, 0.717) is 18.5 Å². The molecular weight excluding hydrogens is 478 g/mol. The van der Waals surface area contributed by atoms with Crippen LogP contribution in [-0.4, -0.2) is 41.0 Å². The molecule has 38 heavy (non-hydrogen) atoms. The maximum absolute atomic E-state index is 14.1. The molecule has 0 fully saturated rings. The highest BCUT2D eigenvalue weighted by Gasteiger charge is 2.37. The van der Waals surface area contributed by atoms with Crippen molar-refractivity contribution in [2.75, 3.05) is 11.9 Å². The Morgan fingerprint density at radius 3 is 2.00 bits per heavy atom. The Labute approximate surface area is 228 Å². The third kappa shape index (κ3) is 8.33. The van der Waals surface area contributed by atoms with Crippen molar-refractivity contribution in [3.05, 3.63) is 64.7 Å². The quantitative estimate of drug-likeness (QED) is 0.381. The molecule has 7 nitrogen and oxygen atoms in total. The lowest BCUT2D eigenvalue weighted by Crippen LogP contribution is -2.54. The smallest absolute Gasteiger partial charge is 0.408 e. The van der Waals surface area contributed by atoms with Gasteiger partial charge in [0.1, 0.15) is 17.7 Å². The summed E-state index contributed by atoms with van der Waals surface area (Å²) in [6.45, 7) is 17.3. The van der Waals surface area contributed by atoms with E-state index < -0.39 is 23.8 Å². The van der Waals surface area contributed by atoms with Crippen LogP contribution in [0, 0.1) is 19.8 Å². The molecule has 0 saturated carbocycles. The zero-order chi connectivity index (χ0) is 28.6. The van der Waals surface area contributed by atoms with Crippen LogP contribution in [0.3, 0.4) is 0 Å². The van der Waals surface area contributed by atoms with Crippen molar-refractivity contribution in [3.8, 4) is 0 Å². The van der Waals surface area contributed by atoms with E-state index >= 15 is 0 Å². The van der Waals surface area contributed by atoms with Gasteiger partial charge in [0.25, 0.3) is 5.91 Å². The number of ether oxygens (including phenoxy) is 1. The molecule has 0 aliphatic heterocycles. The number of hydrogen-bond acceptors (Lipinski definition) is 4.